The van der Waals surface area contributed by atoms with Crippen LogP contribution in [-0.4, -0.2) is 53.8 Å². The largest absolute Gasteiger partial charge is 0.493 e. The van der Waals surface area contributed by atoms with Crippen LogP contribution in [0.15, 0.2) is 57.9 Å². The zero-order valence-electron chi connectivity index (χ0n) is 18.8. The van der Waals surface area contributed by atoms with E-state index in [1.165, 1.54) is 38.3 Å². The lowest BCUT2D eigenvalue weighted by atomic mass is 10.1. The van der Waals surface area contributed by atoms with Gasteiger partial charge in [0, 0.05) is 18.2 Å². The fraction of sp³-hybridized carbons (Fsp3) is 0.217. The van der Waals surface area contributed by atoms with Crippen LogP contribution < -0.4 is 25.1 Å². The van der Waals surface area contributed by atoms with Crippen LogP contribution in [0, 0.1) is 0 Å². The highest BCUT2D eigenvalue weighted by Gasteiger charge is 2.17. The third kappa shape index (κ3) is 4.63. The number of nitrogens with one attached hydrogen (secondary N) is 2. The number of hydrogen-bond donors (Lipinski definition) is 2. The molecule has 0 radical (unpaired) electrons. The number of amides is 1. The number of H-pyrrole nitrogens is 1. The summed E-state index contributed by atoms with van der Waals surface area (Å²) in [5, 5.41) is 14.0. The molecule has 4 aromatic rings. The van der Waals surface area contributed by atoms with Crippen LogP contribution >= 0.6 is 0 Å². The first-order chi connectivity index (χ1) is 16.5. The van der Waals surface area contributed by atoms with Crippen LogP contribution in [-0.2, 0) is 6.54 Å². The molecule has 11 nitrogen and oxygen atoms in total. The second kappa shape index (κ2) is 9.94. The Kier molecular flexibility index (Phi) is 6.62. The summed E-state index contributed by atoms with van der Waals surface area (Å²) >= 11 is 0. The molecule has 2 N–H and O–H groups in total. The minimum absolute atomic E-state index is 0.186. The molecule has 0 aliphatic carbocycles. The van der Waals surface area contributed by atoms with Gasteiger partial charge in [0.25, 0.3) is 11.5 Å². The summed E-state index contributed by atoms with van der Waals surface area (Å²) in [6.45, 7) is 0.374. The summed E-state index contributed by atoms with van der Waals surface area (Å²) in [4.78, 5) is 24.7. The van der Waals surface area contributed by atoms with Gasteiger partial charge in [-0.3, -0.25) is 14.7 Å². The van der Waals surface area contributed by atoms with Crippen molar-refractivity contribution < 1.29 is 23.4 Å². The van der Waals surface area contributed by atoms with Gasteiger partial charge in [-0.2, -0.15) is 10.2 Å². The monoisotopic (exact) mass is 465 g/mol. The highest BCUT2D eigenvalue weighted by molar-refractivity contribution is 5.93. The summed E-state index contributed by atoms with van der Waals surface area (Å²) in [7, 11) is 4.57. The van der Waals surface area contributed by atoms with E-state index >= 15 is 0 Å². The van der Waals surface area contributed by atoms with E-state index < -0.39 is 0 Å². The Hall–Kier alpha value is -4.54. The molecule has 4 rings (SSSR count). The minimum Gasteiger partial charge on any atom is -0.493 e. The number of carbonyl (C=O) groups excluding carboxylic acids is 1. The maximum absolute atomic E-state index is 12.6. The number of benzene rings is 1. The molecular formula is C23H23N5O6. The van der Waals surface area contributed by atoms with Gasteiger partial charge in [-0.15, -0.1) is 0 Å². The van der Waals surface area contributed by atoms with Gasteiger partial charge in [0.05, 0.1) is 39.8 Å². The average molecular weight is 465 g/mol. The summed E-state index contributed by atoms with van der Waals surface area (Å²) in [5.41, 5.74) is 1.70. The number of carbonyl (C=O) groups is 1. The molecule has 3 aromatic heterocycles. The van der Waals surface area contributed by atoms with E-state index in [4.69, 9.17) is 18.6 Å². The zero-order chi connectivity index (χ0) is 24.1. The van der Waals surface area contributed by atoms with Crippen LogP contribution in [0.4, 0.5) is 0 Å². The van der Waals surface area contributed by atoms with Gasteiger partial charge < -0.3 is 23.9 Å². The molecular weight excluding hydrogens is 442 g/mol. The van der Waals surface area contributed by atoms with E-state index in [-0.39, 0.29) is 30.2 Å². The van der Waals surface area contributed by atoms with Crippen LogP contribution in [0.5, 0.6) is 17.2 Å². The second-order valence-electron chi connectivity index (χ2n) is 7.09. The Morgan fingerprint density at radius 3 is 2.47 bits per heavy atom. The quantitative estimate of drug-likeness (QED) is 0.385. The maximum atomic E-state index is 12.6. The predicted molar refractivity (Wildman–Crippen MR) is 122 cm³/mol. The fourth-order valence-corrected chi connectivity index (χ4v) is 3.35. The van der Waals surface area contributed by atoms with E-state index in [9.17, 15) is 9.59 Å². The summed E-state index contributed by atoms with van der Waals surface area (Å²) in [5.74, 6) is 1.58. The van der Waals surface area contributed by atoms with Crippen molar-refractivity contribution in [3.63, 3.8) is 0 Å². The number of methoxy groups -OCH3 is 3. The van der Waals surface area contributed by atoms with Crippen molar-refractivity contribution in [3.05, 3.63) is 64.8 Å². The van der Waals surface area contributed by atoms with Crippen molar-refractivity contribution >= 4 is 5.91 Å². The zero-order valence-corrected chi connectivity index (χ0v) is 18.8. The minimum atomic E-state index is -0.374. The van der Waals surface area contributed by atoms with Crippen LogP contribution in [0.2, 0.25) is 0 Å². The molecule has 11 heteroatoms. The highest BCUT2D eigenvalue weighted by Crippen LogP contribution is 2.40. The lowest BCUT2D eigenvalue weighted by Crippen LogP contribution is -2.32. The number of rotatable bonds is 9. The van der Waals surface area contributed by atoms with Crippen molar-refractivity contribution in [2.24, 2.45) is 0 Å². The number of nitrogens with zero attached hydrogens (tertiary/aromatic N) is 3. The molecule has 0 atom stereocenters. The van der Waals surface area contributed by atoms with Crippen LogP contribution in [0.3, 0.4) is 0 Å². The Labute approximate surface area is 194 Å². The molecule has 0 unspecified atom stereocenters. The Morgan fingerprint density at radius 2 is 1.82 bits per heavy atom. The molecule has 0 aliphatic heterocycles. The Bertz CT molecular complexity index is 1320. The molecule has 0 bridgehead atoms. The molecule has 0 saturated heterocycles. The van der Waals surface area contributed by atoms with E-state index in [0.717, 1.165) is 0 Å². The van der Waals surface area contributed by atoms with E-state index in [0.29, 0.717) is 40.0 Å². The fourth-order valence-electron chi connectivity index (χ4n) is 3.35. The smallest absolute Gasteiger partial charge is 0.269 e. The van der Waals surface area contributed by atoms with Crippen LogP contribution in [0.1, 0.15) is 10.5 Å². The lowest BCUT2D eigenvalue weighted by molar-refractivity contribution is 0.0946. The molecule has 1 amide bonds. The number of hydrogen-bond acceptors (Lipinski definition) is 8. The summed E-state index contributed by atoms with van der Waals surface area (Å²) < 4.78 is 22.7. The standard InChI is InChI=1S/C23H23N5O6/c1-31-19-11-14(12-20(32-2)22(19)33-3)16-13-17(26-25-16)23(30)24-8-9-28-21(29)7-6-15(27-28)18-5-4-10-34-18/h4-7,10-13H,8-9H2,1-3H3,(H,24,30)(H,25,26). The summed E-state index contributed by atoms with van der Waals surface area (Å²) in [6, 6.07) is 11.6. The predicted octanol–water partition coefficient (Wildman–Crippen LogP) is 2.35. The number of aromatic amines is 1. The van der Waals surface area contributed by atoms with E-state index in [1.54, 1.807) is 36.4 Å². The number of furan rings is 1. The van der Waals surface area contributed by atoms with Crippen LogP contribution in [0.25, 0.3) is 22.7 Å². The van der Waals surface area contributed by atoms with Crippen molar-refractivity contribution in [1.29, 1.82) is 0 Å². The second-order valence-corrected chi connectivity index (χ2v) is 7.09. The van der Waals surface area contributed by atoms with Gasteiger partial charge in [-0.1, -0.05) is 0 Å². The number of ether oxygens (including phenoxy) is 3. The molecule has 0 saturated carbocycles. The van der Waals surface area contributed by atoms with Crippen molar-refractivity contribution in [1.82, 2.24) is 25.3 Å². The lowest BCUT2D eigenvalue weighted by Gasteiger charge is -2.13. The topological polar surface area (TPSA) is 133 Å². The first kappa shape index (κ1) is 22.6. The third-order valence-corrected chi connectivity index (χ3v) is 5.03. The van der Waals surface area contributed by atoms with Gasteiger partial charge in [-0.25, -0.2) is 4.68 Å². The SMILES string of the molecule is COc1cc(-c2cc(C(=O)NCCn3nc(-c4ccco4)ccc3=O)[nH]n2)cc(OC)c1OC. The normalized spacial score (nSPS) is 10.7. The van der Waals surface area contributed by atoms with Crippen molar-refractivity contribution in [2.45, 2.75) is 6.54 Å². The molecule has 34 heavy (non-hydrogen) atoms. The third-order valence-electron chi connectivity index (χ3n) is 5.03. The Balaban J connectivity index is 1.44. The molecule has 0 fully saturated rings. The molecule has 3 heterocycles. The van der Waals surface area contributed by atoms with Gasteiger partial charge in [0.15, 0.2) is 17.3 Å². The van der Waals surface area contributed by atoms with Gasteiger partial charge in [-0.05, 0) is 36.4 Å². The summed E-state index contributed by atoms with van der Waals surface area (Å²) in [6.07, 6.45) is 1.53. The van der Waals surface area contributed by atoms with Gasteiger partial charge >= 0.3 is 0 Å². The molecule has 176 valence electrons. The highest BCUT2D eigenvalue weighted by atomic mass is 16.5. The van der Waals surface area contributed by atoms with E-state index in [1.807, 2.05) is 0 Å². The molecule has 0 aliphatic rings. The molecule has 1 aromatic carbocycles. The first-order valence-electron chi connectivity index (χ1n) is 10.3. The molecule has 0 spiro atoms. The van der Waals surface area contributed by atoms with Gasteiger partial charge in [0.2, 0.25) is 5.75 Å². The first-order valence-corrected chi connectivity index (χ1v) is 10.3. The Morgan fingerprint density at radius 1 is 1.06 bits per heavy atom. The maximum Gasteiger partial charge on any atom is 0.269 e. The average Bonchev–Trinajstić information content (AvgIpc) is 3.57. The van der Waals surface area contributed by atoms with Crippen molar-refractivity contribution in [2.75, 3.05) is 27.9 Å². The van der Waals surface area contributed by atoms with Gasteiger partial charge in [0.1, 0.15) is 11.4 Å². The van der Waals surface area contributed by atoms with E-state index in [2.05, 4.69) is 20.6 Å². The number of aromatic nitrogens is 4. The van der Waals surface area contributed by atoms with Crippen molar-refractivity contribution in [3.8, 4) is 40.0 Å².